The third kappa shape index (κ3) is 4.28. The molecule has 0 aromatic heterocycles. The molecule has 4 nitrogen and oxygen atoms in total. The van der Waals surface area contributed by atoms with E-state index in [-0.39, 0.29) is 5.91 Å². The Morgan fingerprint density at radius 3 is 2.72 bits per heavy atom. The first-order valence-corrected chi connectivity index (χ1v) is 6.40. The molecule has 0 fully saturated rings. The molecule has 0 radical (unpaired) electrons. The lowest BCUT2D eigenvalue weighted by molar-refractivity contribution is 0.0964. The van der Waals surface area contributed by atoms with Crippen molar-refractivity contribution >= 4 is 17.3 Å². The normalized spacial score (nSPS) is 10.4. The van der Waals surface area contributed by atoms with Gasteiger partial charge < -0.3 is 16.4 Å². The Labute approximate surface area is 109 Å². The van der Waals surface area contributed by atoms with E-state index in [9.17, 15) is 4.79 Å². The van der Waals surface area contributed by atoms with E-state index >= 15 is 0 Å². The number of nitrogens with two attached hydrogens (primary N) is 1. The maximum atomic E-state index is 11.7. The summed E-state index contributed by atoms with van der Waals surface area (Å²) in [6, 6.07) is 5.29. The number of nitrogens with one attached hydrogen (secondary N) is 2. The summed E-state index contributed by atoms with van der Waals surface area (Å²) in [6.45, 7) is 5.26. The average Bonchev–Trinajstić information content (AvgIpc) is 2.33. The first kappa shape index (κ1) is 14.4. The Balaban J connectivity index is 2.67. The van der Waals surface area contributed by atoms with Crippen molar-refractivity contribution < 1.29 is 4.79 Å². The molecule has 0 saturated carbocycles. The third-order valence-electron chi connectivity index (χ3n) is 2.79. The van der Waals surface area contributed by atoms with Crippen LogP contribution in [-0.4, -0.2) is 19.5 Å². The van der Waals surface area contributed by atoms with Gasteiger partial charge in [0.2, 0.25) is 0 Å². The molecule has 1 amide bonds. The molecule has 18 heavy (non-hydrogen) atoms. The molecule has 1 aromatic rings. The van der Waals surface area contributed by atoms with E-state index in [1.165, 1.54) is 6.42 Å². The maximum Gasteiger partial charge on any atom is 0.253 e. The second-order valence-corrected chi connectivity index (χ2v) is 4.85. The minimum Gasteiger partial charge on any atom is -0.399 e. The zero-order chi connectivity index (χ0) is 13.5. The number of benzene rings is 1. The molecule has 0 aliphatic rings. The van der Waals surface area contributed by atoms with Gasteiger partial charge in [0.15, 0.2) is 0 Å². The minimum atomic E-state index is -0.0960. The minimum absolute atomic E-state index is 0.0960. The highest BCUT2D eigenvalue weighted by molar-refractivity contribution is 6.00. The van der Waals surface area contributed by atoms with Crippen LogP contribution in [0.1, 0.15) is 37.0 Å². The van der Waals surface area contributed by atoms with Crippen LogP contribution < -0.4 is 16.4 Å². The van der Waals surface area contributed by atoms with Gasteiger partial charge in [-0.25, -0.2) is 0 Å². The van der Waals surface area contributed by atoms with Crippen molar-refractivity contribution in [2.75, 3.05) is 24.6 Å². The maximum absolute atomic E-state index is 11.7. The molecular weight excluding hydrogens is 226 g/mol. The largest absolute Gasteiger partial charge is 0.399 e. The lowest BCUT2D eigenvalue weighted by atomic mass is 10.1. The smallest absolute Gasteiger partial charge is 0.253 e. The van der Waals surface area contributed by atoms with Crippen LogP contribution in [0.2, 0.25) is 0 Å². The van der Waals surface area contributed by atoms with Gasteiger partial charge in [0.25, 0.3) is 5.91 Å². The Morgan fingerprint density at radius 1 is 1.39 bits per heavy atom. The topological polar surface area (TPSA) is 67.2 Å². The van der Waals surface area contributed by atoms with Crippen LogP contribution in [0.15, 0.2) is 18.2 Å². The van der Waals surface area contributed by atoms with Crippen LogP contribution in [0.25, 0.3) is 0 Å². The Hall–Kier alpha value is -1.71. The number of nitrogen functional groups attached to an aromatic ring is 1. The number of rotatable bonds is 6. The van der Waals surface area contributed by atoms with Crippen molar-refractivity contribution in [2.24, 2.45) is 5.92 Å². The molecule has 0 aliphatic carbocycles. The molecule has 0 spiro atoms. The van der Waals surface area contributed by atoms with Gasteiger partial charge in [-0.3, -0.25) is 4.79 Å². The van der Waals surface area contributed by atoms with E-state index in [2.05, 4.69) is 24.5 Å². The standard InChI is InChI=1S/C14H23N3O/c1-10(2)5-4-8-17-13-9-11(15)6-7-12(13)14(18)16-3/h6-7,9-10,17H,4-5,8,15H2,1-3H3,(H,16,18). The number of carbonyl (C=O) groups is 1. The molecule has 0 atom stereocenters. The van der Waals surface area contributed by atoms with Gasteiger partial charge in [-0.05, 0) is 37.0 Å². The summed E-state index contributed by atoms with van der Waals surface area (Å²) in [6.07, 6.45) is 2.25. The van der Waals surface area contributed by atoms with E-state index in [0.29, 0.717) is 17.2 Å². The fourth-order valence-corrected chi connectivity index (χ4v) is 1.77. The first-order chi connectivity index (χ1) is 8.54. The highest BCUT2D eigenvalue weighted by Crippen LogP contribution is 2.19. The van der Waals surface area contributed by atoms with E-state index < -0.39 is 0 Å². The van der Waals surface area contributed by atoms with Crippen LogP contribution >= 0.6 is 0 Å². The molecule has 4 N–H and O–H groups in total. The van der Waals surface area contributed by atoms with Crippen molar-refractivity contribution in [1.29, 1.82) is 0 Å². The summed E-state index contributed by atoms with van der Waals surface area (Å²) in [4.78, 5) is 11.7. The molecule has 0 aliphatic heterocycles. The molecule has 0 unspecified atom stereocenters. The number of amides is 1. The second-order valence-electron chi connectivity index (χ2n) is 4.85. The average molecular weight is 249 g/mol. The lowest BCUT2D eigenvalue weighted by Crippen LogP contribution is -2.20. The van der Waals surface area contributed by atoms with Crippen LogP contribution in [0.4, 0.5) is 11.4 Å². The number of carbonyl (C=O) groups excluding carboxylic acids is 1. The molecule has 0 bridgehead atoms. The van der Waals surface area contributed by atoms with Gasteiger partial charge in [-0.1, -0.05) is 13.8 Å². The van der Waals surface area contributed by atoms with E-state index in [1.54, 1.807) is 25.2 Å². The van der Waals surface area contributed by atoms with Crippen molar-refractivity contribution in [3.8, 4) is 0 Å². The molecule has 1 rings (SSSR count). The summed E-state index contributed by atoms with van der Waals surface area (Å²) in [7, 11) is 1.63. The molecule has 0 heterocycles. The van der Waals surface area contributed by atoms with E-state index in [4.69, 9.17) is 5.73 Å². The van der Waals surface area contributed by atoms with Crippen LogP contribution in [-0.2, 0) is 0 Å². The van der Waals surface area contributed by atoms with Crippen LogP contribution in [0.5, 0.6) is 0 Å². The summed E-state index contributed by atoms with van der Waals surface area (Å²) in [5.41, 5.74) is 7.85. The second kappa shape index (κ2) is 6.89. The lowest BCUT2D eigenvalue weighted by Gasteiger charge is -2.12. The van der Waals surface area contributed by atoms with Crippen LogP contribution in [0.3, 0.4) is 0 Å². The van der Waals surface area contributed by atoms with Crippen LogP contribution in [0, 0.1) is 5.92 Å². The van der Waals surface area contributed by atoms with E-state index in [0.717, 1.165) is 18.7 Å². The SMILES string of the molecule is CNC(=O)c1ccc(N)cc1NCCCC(C)C. The zero-order valence-corrected chi connectivity index (χ0v) is 11.4. The molecule has 100 valence electrons. The molecular formula is C14H23N3O. The van der Waals surface area contributed by atoms with Gasteiger partial charge >= 0.3 is 0 Å². The number of anilines is 2. The summed E-state index contributed by atoms with van der Waals surface area (Å²) < 4.78 is 0. The van der Waals surface area contributed by atoms with Gasteiger partial charge in [-0.15, -0.1) is 0 Å². The van der Waals surface area contributed by atoms with Crippen molar-refractivity contribution in [2.45, 2.75) is 26.7 Å². The van der Waals surface area contributed by atoms with Gasteiger partial charge in [-0.2, -0.15) is 0 Å². The molecule has 0 saturated heterocycles. The summed E-state index contributed by atoms with van der Waals surface area (Å²) >= 11 is 0. The molecule has 1 aromatic carbocycles. The Morgan fingerprint density at radius 2 is 2.11 bits per heavy atom. The highest BCUT2D eigenvalue weighted by Gasteiger charge is 2.09. The third-order valence-corrected chi connectivity index (χ3v) is 2.79. The van der Waals surface area contributed by atoms with Gasteiger partial charge in [0.1, 0.15) is 0 Å². The van der Waals surface area contributed by atoms with Gasteiger partial charge in [0, 0.05) is 25.0 Å². The Bertz CT molecular complexity index is 402. The molecule has 4 heteroatoms. The predicted octanol–water partition coefficient (Wildman–Crippen LogP) is 2.48. The van der Waals surface area contributed by atoms with Crippen molar-refractivity contribution in [3.63, 3.8) is 0 Å². The predicted molar refractivity (Wildman–Crippen MR) is 76.8 cm³/mol. The number of hydrogen-bond donors (Lipinski definition) is 3. The zero-order valence-electron chi connectivity index (χ0n) is 11.4. The summed E-state index contributed by atoms with van der Waals surface area (Å²) in [5, 5.41) is 5.91. The number of hydrogen-bond acceptors (Lipinski definition) is 3. The first-order valence-electron chi connectivity index (χ1n) is 6.40. The van der Waals surface area contributed by atoms with Crippen molar-refractivity contribution in [1.82, 2.24) is 5.32 Å². The van der Waals surface area contributed by atoms with E-state index in [1.807, 2.05) is 0 Å². The summed E-state index contributed by atoms with van der Waals surface area (Å²) in [5.74, 6) is 0.604. The van der Waals surface area contributed by atoms with Crippen molar-refractivity contribution in [3.05, 3.63) is 23.8 Å². The quantitative estimate of drug-likeness (QED) is 0.536. The highest BCUT2D eigenvalue weighted by atomic mass is 16.1. The fraction of sp³-hybridized carbons (Fsp3) is 0.500. The van der Waals surface area contributed by atoms with Gasteiger partial charge in [0.05, 0.1) is 5.56 Å². The fourth-order valence-electron chi connectivity index (χ4n) is 1.77. The monoisotopic (exact) mass is 249 g/mol. The Kier molecular flexibility index (Phi) is 5.49.